The largest absolute Gasteiger partial charge is 1.00 e. The van der Waals surface area contributed by atoms with Gasteiger partial charge in [-0.25, -0.2) is 0 Å². The fourth-order valence-electron chi connectivity index (χ4n) is 7.83. The number of likely N-dealkylation sites (N-methyl/N-ethyl adjacent to an activating group) is 4. The van der Waals surface area contributed by atoms with Crippen LogP contribution in [0.25, 0.3) is 13.9 Å². The third-order valence-electron chi connectivity index (χ3n) is 8.28. The van der Waals surface area contributed by atoms with E-state index in [0.29, 0.717) is 0 Å². The van der Waals surface area contributed by atoms with E-state index in [1.165, 1.54) is 51.4 Å². The summed E-state index contributed by atoms with van der Waals surface area (Å²) in [5.41, 5.74) is 0. The molecule has 0 radical (unpaired) electrons. The van der Waals surface area contributed by atoms with E-state index in [2.05, 4.69) is 184 Å². The van der Waals surface area contributed by atoms with Gasteiger partial charge >= 0.3 is 118 Å². The van der Waals surface area contributed by atoms with Crippen LogP contribution in [0.4, 0.5) is 0 Å². The van der Waals surface area contributed by atoms with Crippen molar-refractivity contribution in [2.45, 2.75) is 193 Å². The second kappa shape index (κ2) is 36.8. The van der Waals surface area contributed by atoms with Gasteiger partial charge in [-0.05, 0) is 53.9 Å². The summed E-state index contributed by atoms with van der Waals surface area (Å²) in [7, 11) is 11.4. The zero-order valence-corrected chi connectivity index (χ0v) is 60.7. The van der Waals surface area contributed by atoms with Crippen molar-refractivity contribution in [3.05, 3.63) is 13.9 Å². The molecule has 0 heterocycles. The quantitative estimate of drug-likeness (QED) is 0.170. The first-order valence-electron chi connectivity index (χ1n) is 20.5. The van der Waals surface area contributed by atoms with E-state index in [1.54, 1.807) is 9.80 Å². The summed E-state index contributed by atoms with van der Waals surface area (Å²) < 4.78 is 14.5. The predicted molar refractivity (Wildman–Crippen MR) is 255 cm³/mol. The Morgan fingerprint density at radius 3 is 0.625 bits per heavy atom. The molecule has 2 aliphatic rings. The number of nitrogens with zero attached hydrogens (tertiary/aromatic N) is 5. The van der Waals surface area contributed by atoms with Gasteiger partial charge in [-0.2, -0.15) is 0 Å². The Hall–Kier alpha value is 5.75. The summed E-state index contributed by atoms with van der Waals surface area (Å²) in [6.45, 7) is 41.3. The first kappa shape index (κ1) is 78.9. The molecule has 2 saturated carbocycles. The van der Waals surface area contributed by atoms with Gasteiger partial charge in [0.1, 0.15) is 12.1 Å². The molecule has 7 nitrogen and oxygen atoms in total. The van der Waals surface area contributed by atoms with E-state index in [4.69, 9.17) is 13.9 Å². The molecule has 0 spiro atoms. The molecule has 0 aromatic rings. The van der Waals surface area contributed by atoms with Crippen molar-refractivity contribution in [3.8, 4) is 0 Å². The molecule has 2 aliphatic carbocycles. The average Bonchev–Trinajstić information content (AvgIpc) is 2.83. The molecule has 0 amide bonds. The van der Waals surface area contributed by atoms with Gasteiger partial charge in [-0.3, -0.25) is 0 Å². The van der Waals surface area contributed by atoms with Crippen molar-refractivity contribution in [1.82, 2.24) is 9.80 Å². The van der Waals surface area contributed by atoms with Crippen LogP contribution in [0.2, 0.25) is 118 Å². The standard InChI is InChI=1S/2C10H22N2.3C6H18NSi2.HI.4Na/c2*1-11(2)9-7-5-6-8-10(9)12(3)4;3*1-8(2,3)7-9(4,5)6;;;;;/h2*9-10H,5-8H2,1-4H3;3*1-6H3;1H;;;;/q;;3*-1;;4*+1/p+1/t2*9-,10-;;;;;;;;/m11......../s1. The molecule has 2 N–H and O–H groups in total. The van der Waals surface area contributed by atoms with E-state index >= 15 is 0 Å². The molecule has 18 heteroatoms. The summed E-state index contributed by atoms with van der Waals surface area (Å²) in [4.78, 5) is 8.04. The van der Waals surface area contributed by atoms with E-state index in [1.807, 2.05) is 0 Å². The van der Waals surface area contributed by atoms with Gasteiger partial charge in [0.25, 0.3) is 0 Å². The first-order chi connectivity index (χ1) is 22.4. The second-order valence-corrected chi connectivity index (χ2v) is 51.1. The molecule has 0 aromatic heterocycles. The van der Waals surface area contributed by atoms with Crippen molar-refractivity contribution >= 4 is 49.4 Å². The molecule has 0 aliphatic heterocycles. The van der Waals surface area contributed by atoms with Crippen LogP contribution in [-0.4, -0.2) is 140 Å². The van der Waals surface area contributed by atoms with Crippen LogP contribution in [0.1, 0.15) is 51.4 Å². The van der Waals surface area contributed by atoms with Gasteiger partial charge in [0, 0.05) is 24.9 Å². The Labute approximate surface area is 468 Å². The topological polar surface area (TPSA) is 57.7 Å². The summed E-state index contributed by atoms with van der Waals surface area (Å²) in [6, 6.07) is 3.33. The summed E-state index contributed by atoms with van der Waals surface area (Å²) in [5.74, 6) is 0. The number of quaternary nitrogens is 2. The zero-order valence-electron chi connectivity index (χ0n) is 44.6. The molecule has 0 aromatic carbocycles. The monoisotopic (exact) mass is 1040 g/mol. The van der Waals surface area contributed by atoms with Crippen molar-refractivity contribution in [1.29, 1.82) is 0 Å². The van der Waals surface area contributed by atoms with Crippen LogP contribution in [0.15, 0.2) is 0 Å². The van der Waals surface area contributed by atoms with Crippen LogP contribution in [0, 0.1) is 0 Å². The van der Waals surface area contributed by atoms with Gasteiger partial charge in [0.05, 0.1) is 28.2 Å². The maximum Gasteiger partial charge on any atom is 1.00 e. The third kappa shape index (κ3) is 54.1. The van der Waals surface area contributed by atoms with Crippen molar-refractivity contribution in [3.63, 3.8) is 0 Å². The van der Waals surface area contributed by atoms with Gasteiger partial charge in [-0.15, -0.1) is 0 Å². The van der Waals surface area contributed by atoms with Crippen molar-refractivity contribution < 1.29 is 152 Å². The molecule has 0 bridgehead atoms. The Bertz CT molecular complexity index is 729. The summed E-state index contributed by atoms with van der Waals surface area (Å²) in [5, 5.41) is 0. The maximum absolute atomic E-state index is 4.82. The van der Waals surface area contributed by atoms with Crippen LogP contribution < -0.4 is 152 Å². The van der Waals surface area contributed by atoms with Crippen LogP contribution in [0.3, 0.4) is 0 Å². The molecule has 2 rings (SSSR count). The smallest absolute Gasteiger partial charge is 1.00 e. The van der Waals surface area contributed by atoms with E-state index < -0.39 is 49.4 Å². The van der Waals surface area contributed by atoms with E-state index in [9.17, 15) is 0 Å². The zero-order chi connectivity index (χ0) is 41.4. The van der Waals surface area contributed by atoms with Gasteiger partial charge in [-0.1, -0.05) is 180 Å². The van der Waals surface area contributed by atoms with Crippen LogP contribution in [-0.2, 0) is 0 Å². The van der Waals surface area contributed by atoms with Gasteiger partial charge in [0.2, 0.25) is 0 Å². The fourth-order valence-corrected chi connectivity index (χ4v) is 32.0. The second-order valence-electron chi connectivity index (χ2n) is 22.4. The normalized spacial score (nSPS) is 20.2. The van der Waals surface area contributed by atoms with Crippen LogP contribution in [0.5, 0.6) is 0 Å². The summed E-state index contributed by atoms with van der Waals surface area (Å²) in [6.07, 6.45) is 11.3. The molecular weight excluding hydrogens is 942 g/mol. The minimum Gasteiger partial charge on any atom is -1.00 e. The number of hydrogen-bond acceptors (Lipinski definition) is 2. The Kier molecular flexibility index (Phi) is 51.9. The molecule has 4 atom stereocenters. The molecular formula is C38H100IN7Na4Si6+2. The SMILES string of the molecule is CN(C)[C@@H]1CCCC[C@H]1N(C)C.C[NH+](C)[C@@H]1CCCC[C@H]1[NH+](C)C.C[Si](C)(C)[N-][Si](C)(C)C.C[Si](C)(C)[N-][Si](C)(C)C.C[Si](C)(C)[N-][Si](C)(C)C.[I-].[Na+].[Na+].[Na+].[Na+]. The fraction of sp³-hybridized carbons (Fsp3) is 1.00. The average molecular weight is 1040 g/mol. The Morgan fingerprint density at radius 1 is 0.357 bits per heavy atom. The molecule has 320 valence electrons. The predicted octanol–water partition coefficient (Wildman–Crippen LogP) is -5.88. The number of halogens is 1. The molecule has 0 saturated heterocycles. The minimum atomic E-state index is -1.11. The number of hydrogen-bond donors (Lipinski definition) is 2. The first-order valence-corrected chi connectivity index (χ1v) is 41.2. The molecule has 56 heavy (non-hydrogen) atoms. The van der Waals surface area contributed by atoms with Gasteiger partial charge < -0.3 is 57.5 Å². The maximum atomic E-state index is 4.82. The molecule has 2 fully saturated rings. The number of nitrogens with one attached hydrogen (secondary N) is 2. The number of rotatable bonds is 10. The van der Waals surface area contributed by atoms with Crippen molar-refractivity contribution in [2.75, 3.05) is 56.4 Å². The third-order valence-corrected chi connectivity index (χ3v) is 24.4. The Balaban J connectivity index is -0.0000000845. The van der Waals surface area contributed by atoms with E-state index in [0.717, 1.165) is 24.2 Å². The summed E-state index contributed by atoms with van der Waals surface area (Å²) >= 11 is 0. The van der Waals surface area contributed by atoms with Crippen LogP contribution >= 0.6 is 0 Å². The van der Waals surface area contributed by atoms with Crippen molar-refractivity contribution in [2.24, 2.45) is 0 Å². The van der Waals surface area contributed by atoms with Gasteiger partial charge in [0.15, 0.2) is 0 Å². The molecule has 0 unspecified atom stereocenters. The van der Waals surface area contributed by atoms with E-state index in [-0.39, 0.29) is 142 Å². The minimum absolute atomic E-state index is 0. The Morgan fingerprint density at radius 2 is 0.518 bits per heavy atom.